The van der Waals surface area contributed by atoms with Crippen LogP contribution in [0.2, 0.25) is 0 Å². The molecule has 0 saturated heterocycles. The molecule has 0 aliphatic carbocycles. The smallest absolute Gasteiger partial charge is 0.0299 e. The maximum Gasteiger partial charge on any atom is 0.0299 e. The van der Waals surface area contributed by atoms with Gasteiger partial charge in [-0.25, -0.2) is 0 Å². The SMILES string of the molecule is CCCNC(CCc1cccnc1)Cc1ccccc1Br. The Morgan fingerprint density at radius 1 is 1.19 bits per heavy atom. The van der Waals surface area contributed by atoms with Gasteiger partial charge in [-0.1, -0.05) is 47.1 Å². The summed E-state index contributed by atoms with van der Waals surface area (Å²) in [5, 5.41) is 3.67. The summed E-state index contributed by atoms with van der Waals surface area (Å²) in [6.07, 6.45) is 8.22. The van der Waals surface area contributed by atoms with Gasteiger partial charge >= 0.3 is 0 Å². The number of aromatic nitrogens is 1. The number of hydrogen-bond acceptors (Lipinski definition) is 2. The standard InChI is InChI=1S/C18H23BrN2/c1-2-11-21-17(10-9-15-6-5-12-20-14-15)13-16-7-3-4-8-18(16)19/h3-8,12,14,17,21H,2,9-11,13H2,1H3. The van der Waals surface area contributed by atoms with E-state index in [9.17, 15) is 0 Å². The second-order valence-electron chi connectivity index (χ2n) is 5.35. The van der Waals surface area contributed by atoms with Crippen molar-refractivity contribution >= 4 is 15.9 Å². The molecule has 0 amide bonds. The Labute approximate surface area is 136 Å². The molecule has 2 rings (SSSR count). The Balaban J connectivity index is 1.96. The van der Waals surface area contributed by atoms with Crippen molar-refractivity contribution in [2.75, 3.05) is 6.54 Å². The summed E-state index contributed by atoms with van der Waals surface area (Å²) in [5.41, 5.74) is 2.69. The van der Waals surface area contributed by atoms with Gasteiger partial charge in [0.2, 0.25) is 0 Å². The molecule has 1 aromatic heterocycles. The van der Waals surface area contributed by atoms with E-state index in [1.807, 2.05) is 18.5 Å². The largest absolute Gasteiger partial charge is 0.314 e. The van der Waals surface area contributed by atoms with Crippen LogP contribution in [0.3, 0.4) is 0 Å². The fourth-order valence-electron chi connectivity index (χ4n) is 2.44. The zero-order valence-corrected chi connectivity index (χ0v) is 14.1. The van der Waals surface area contributed by atoms with Crippen LogP contribution >= 0.6 is 15.9 Å². The van der Waals surface area contributed by atoms with Crippen LogP contribution < -0.4 is 5.32 Å². The van der Waals surface area contributed by atoms with Crippen molar-refractivity contribution in [2.24, 2.45) is 0 Å². The van der Waals surface area contributed by atoms with Crippen molar-refractivity contribution < 1.29 is 0 Å². The van der Waals surface area contributed by atoms with Gasteiger partial charge in [-0.3, -0.25) is 4.98 Å². The maximum absolute atomic E-state index is 4.19. The van der Waals surface area contributed by atoms with E-state index in [1.165, 1.54) is 22.0 Å². The highest BCUT2D eigenvalue weighted by molar-refractivity contribution is 9.10. The average Bonchev–Trinajstić information content (AvgIpc) is 2.53. The van der Waals surface area contributed by atoms with Gasteiger partial charge in [0, 0.05) is 22.9 Å². The van der Waals surface area contributed by atoms with E-state index in [2.05, 4.69) is 63.5 Å². The van der Waals surface area contributed by atoms with E-state index in [0.29, 0.717) is 6.04 Å². The van der Waals surface area contributed by atoms with Crippen molar-refractivity contribution in [1.29, 1.82) is 0 Å². The van der Waals surface area contributed by atoms with Crippen molar-refractivity contribution in [3.63, 3.8) is 0 Å². The Bertz CT molecular complexity index is 528. The molecule has 0 bridgehead atoms. The molecule has 21 heavy (non-hydrogen) atoms. The summed E-state index contributed by atoms with van der Waals surface area (Å²) >= 11 is 3.65. The molecule has 112 valence electrons. The zero-order chi connectivity index (χ0) is 14.9. The second-order valence-corrected chi connectivity index (χ2v) is 6.20. The number of aryl methyl sites for hydroxylation is 1. The van der Waals surface area contributed by atoms with Crippen LogP contribution in [-0.2, 0) is 12.8 Å². The van der Waals surface area contributed by atoms with Crippen molar-refractivity contribution in [3.05, 3.63) is 64.4 Å². The number of rotatable bonds is 8. The molecule has 1 atom stereocenters. The van der Waals surface area contributed by atoms with E-state index in [-0.39, 0.29) is 0 Å². The third kappa shape index (κ3) is 5.60. The number of pyridine rings is 1. The molecule has 1 heterocycles. The number of nitrogens with one attached hydrogen (secondary N) is 1. The Morgan fingerprint density at radius 3 is 2.76 bits per heavy atom. The highest BCUT2D eigenvalue weighted by atomic mass is 79.9. The normalized spacial score (nSPS) is 12.3. The van der Waals surface area contributed by atoms with Crippen LogP contribution in [0, 0.1) is 0 Å². The van der Waals surface area contributed by atoms with E-state index in [4.69, 9.17) is 0 Å². The Hall–Kier alpha value is -1.19. The lowest BCUT2D eigenvalue weighted by atomic mass is 9.99. The van der Waals surface area contributed by atoms with E-state index in [1.54, 1.807) is 0 Å². The van der Waals surface area contributed by atoms with Gasteiger partial charge in [0.05, 0.1) is 0 Å². The number of nitrogens with zero attached hydrogens (tertiary/aromatic N) is 1. The lowest BCUT2D eigenvalue weighted by Crippen LogP contribution is -2.32. The molecule has 0 aliphatic rings. The average molecular weight is 347 g/mol. The first kappa shape index (κ1) is 16.2. The molecule has 0 radical (unpaired) electrons. The Morgan fingerprint density at radius 2 is 2.05 bits per heavy atom. The van der Waals surface area contributed by atoms with E-state index < -0.39 is 0 Å². The van der Waals surface area contributed by atoms with Gasteiger partial charge in [-0.15, -0.1) is 0 Å². The van der Waals surface area contributed by atoms with Crippen LogP contribution in [0.1, 0.15) is 30.9 Å². The van der Waals surface area contributed by atoms with Gasteiger partial charge in [0.25, 0.3) is 0 Å². The molecule has 0 spiro atoms. The molecule has 1 aromatic carbocycles. The minimum atomic E-state index is 0.504. The first-order chi connectivity index (χ1) is 10.3. The zero-order valence-electron chi connectivity index (χ0n) is 12.6. The minimum Gasteiger partial charge on any atom is -0.314 e. The van der Waals surface area contributed by atoms with Gasteiger partial charge in [0.1, 0.15) is 0 Å². The number of benzene rings is 1. The molecule has 0 aliphatic heterocycles. The van der Waals surface area contributed by atoms with Crippen LogP contribution in [0.5, 0.6) is 0 Å². The molecular weight excluding hydrogens is 324 g/mol. The summed E-state index contributed by atoms with van der Waals surface area (Å²) in [7, 11) is 0. The first-order valence-electron chi connectivity index (χ1n) is 7.65. The highest BCUT2D eigenvalue weighted by Gasteiger charge is 2.11. The summed E-state index contributed by atoms with van der Waals surface area (Å²) in [4.78, 5) is 4.19. The van der Waals surface area contributed by atoms with Crippen LogP contribution in [0.15, 0.2) is 53.3 Å². The second kappa shape index (κ2) is 8.96. The number of hydrogen-bond donors (Lipinski definition) is 1. The summed E-state index contributed by atoms with van der Waals surface area (Å²) in [5.74, 6) is 0. The van der Waals surface area contributed by atoms with Gasteiger partial charge in [-0.2, -0.15) is 0 Å². The molecule has 0 fully saturated rings. The number of halogens is 1. The molecule has 2 aromatic rings. The van der Waals surface area contributed by atoms with Gasteiger partial charge in [0.15, 0.2) is 0 Å². The maximum atomic E-state index is 4.19. The van der Waals surface area contributed by atoms with E-state index in [0.717, 1.165) is 25.8 Å². The van der Waals surface area contributed by atoms with Crippen molar-refractivity contribution in [3.8, 4) is 0 Å². The molecule has 3 heteroatoms. The predicted octanol–water partition coefficient (Wildman–Crippen LogP) is 4.39. The lowest BCUT2D eigenvalue weighted by Gasteiger charge is -2.19. The Kier molecular flexibility index (Phi) is 6.90. The minimum absolute atomic E-state index is 0.504. The van der Waals surface area contributed by atoms with Crippen LogP contribution in [0.25, 0.3) is 0 Å². The molecular formula is C18H23BrN2. The van der Waals surface area contributed by atoms with Crippen molar-refractivity contribution in [2.45, 2.75) is 38.6 Å². The monoisotopic (exact) mass is 346 g/mol. The third-order valence-electron chi connectivity index (χ3n) is 3.61. The fourth-order valence-corrected chi connectivity index (χ4v) is 2.89. The predicted molar refractivity (Wildman–Crippen MR) is 92.5 cm³/mol. The third-order valence-corrected chi connectivity index (χ3v) is 4.39. The first-order valence-corrected chi connectivity index (χ1v) is 8.44. The summed E-state index contributed by atoms with van der Waals surface area (Å²) in [6, 6.07) is 13.2. The van der Waals surface area contributed by atoms with E-state index >= 15 is 0 Å². The van der Waals surface area contributed by atoms with Crippen LogP contribution in [0.4, 0.5) is 0 Å². The molecule has 0 saturated carbocycles. The summed E-state index contributed by atoms with van der Waals surface area (Å²) in [6.45, 7) is 3.28. The fraction of sp³-hybridized carbons (Fsp3) is 0.389. The topological polar surface area (TPSA) is 24.9 Å². The quantitative estimate of drug-likeness (QED) is 0.766. The molecule has 1 unspecified atom stereocenters. The van der Waals surface area contributed by atoms with Gasteiger partial charge < -0.3 is 5.32 Å². The van der Waals surface area contributed by atoms with Crippen molar-refractivity contribution in [1.82, 2.24) is 10.3 Å². The molecule has 1 N–H and O–H groups in total. The van der Waals surface area contributed by atoms with Gasteiger partial charge in [-0.05, 0) is 55.5 Å². The lowest BCUT2D eigenvalue weighted by molar-refractivity contribution is 0.477. The highest BCUT2D eigenvalue weighted by Crippen LogP contribution is 2.19. The summed E-state index contributed by atoms with van der Waals surface area (Å²) < 4.78 is 1.20. The molecule has 2 nitrogen and oxygen atoms in total. The van der Waals surface area contributed by atoms with Crippen LogP contribution in [-0.4, -0.2) is 17.6 Å².